The first-order chi connectivity index (χ1) is 6.20. The molecule has 0 radical (unpaired) electrons. The fraction of sp³-hybridized carbons (Fsp3) is 0.700. The highest BCUT2D eigenvalue weighted by Crippen LogP contribution is 2.26. The minimum atomic E-state index is 0.331. The van der Waals surface area contributed by atoms with Crippen molar-refractivity contribution in [2.45, 2.75) is 38.6 Å². The lowest BCUT2D eigenvalue weighted by Crippen LogP contribution is -2.38. The quantitative estimate of drug-likeness (QED) is 0.784. The highest BCUT2D eigenvalue weighted by Gasteiger charge is 2.29. The van der Waals surface area contributed by atoms with E-state index in [0.717, 1.165) is 6.42 Å². The number of nitrogens with zero attached hydrogens (tertiary/aromatic N) is 1. The van der Waals surface area contributed by atoms with Crippen molar-refractivity contribution in [1.29, 1.82) is 0 Å². The molecule has 1 aromatic heterocycles. The Hall–Kier alpha value is -0.410. The highest BCUT2D eigenvalue weighted by molar-refractivity contribution is 7.09. The van der Waals surface area contributed by atoms with Crippen molar-refractivity contribution in [3.63, 3.8) is 0 Å². The van der Waals surface area contributed by atoms with E-state index in [1.807, 2.05) is 5.51 Å². The maximum atomic E-state index is 4.28. The lowest BCUT2D eigenvalue weighted by atomic mass is 9.95. The van der Waals surface area contributed by atoms with Crippen LogP contribution in [0.15, 0.2) is 5.51 Å². The summed E-state index contributed by atoms with van der Waals surface area (Å²) < 4.78 is 0. The van der Waals surface area contributed by atoms with Crippen LogP contribution in [-0.4, -0.2) is 17.1 Å². The van der Waals surface area contributed by atoms with Crippen LogP contribution >= 0.6 is 11.3 Å². The van der Waals surface area contributed by atoms with E-state index >= 15 is 0 Å². The molecule has 72 valence electrons. The van der Waals surface area contributed by atoms with Crippen molar-refractivity contribution in [2.24, 2.45) is 0 Å². The Bertz CT molecular complexity index is 287. The van der Waals surface area contributed by atoms with Gasteiger partial charge < -0.3 is 5.32 Å². The van der Waals surface area contributed by atoms with Gasteiger partial charge in [-0.2, -0.15) is 0 Å². The van der Waals surface area contributed by atoms with E-state index in [1.165, 1.54) is 30.0 Å². The van der Waals surface area contributed by atoms with Gasteiger partial charge >= 0.3 is 0 Å². The molecule has 1 aromatic rings. The molecule has 1 aliphatic rings. The maximum Gasteiger partial charge on any atom is 0.0797 e. The van der Waals surface area contributed by atoms with Crippen molar-refractivity contribution in [2.75, 3.05) is 6.54 Å². The minimum Gasteiger partial charge on any atom is -0.311 e. The van der Waals surface area contributed by atoms with Gasteiger partial charge in [0, 0.05) is 16.8 Å². The SMILES string of the molecule is Cc1ncsc1CC1(C)CCCN1. The van der Waals surface area contributed by atoms with Gasteiger partial charge in [-0.3, -0.25) is 0 Å². The molecule has 1 fully saturated rings. The summed E-state index contributed by atoms with van der Waals surface area (Å²) in [6.45, 7) is 5.59. The second-order valence-corrected chi connectivity index (χ2v) is 5.07. The number of thiazole rings is 1. The Labute approximate surface area is 83.4 Å². The van der Waals surface area contributed by atoms with Crippen molar-refractivity contribution < 1.29 is 0 Å². The van der Waals surface area contributed by atoms with Crippen LogP contribution in [-0.2, 0) is 6.42 Å². The molecular weight excluding hydrogens is 180 g/mol. The van der Waals surface area contributed by atoms with Crippen molar-refractivity contribution >= 4 is 11.3 Å². The third-order valence-corrected chi connectivity index (χ3v) is 3.79. The molecular formula is C10H16N2S. The predicted octanol–water partition coefficient (Wildman–Crippen LogP) is 2.14. The molecule has 0 spiro atoms. The van der Waals surface area contributed by atoms with Gasteiger partial charge in [-0.15, -0.1) is 11.3 Å². The summed E-state index contributed by atoms with van der Waals surface area (Å²) in [4.78, 5) is 5.72. The van der Waals surface area contributed by atoms with Gasteiger partial charge in [-0.1, -0.05) is 0 Å². The van der Waals surface area contributed by atoms with Crippen LogP contribution in [0.2, 0.25) is 0 Å². The third-order valence-electron chi connectivity index (χ3n) is 2.85. The molecule has 0 bridgehead atoms. The van der Waals surface area contributed by atoms with Crippen LogP contribution < -0.4 is 5.32 Å². The fourth-order valence-corrected chi connectivity index (χ4v) is 2.92. The van der Waals surface area contributed by atoms with Crippen LogP contribution in [0.25, 0.3) is 0 Å². The van der Waals surface area contributed by atoms with Gasteiger partial charge in [-0.25, -0.2) is 4.98 Å². The van der Waals surface area contributed by atoms with E-state index in [-0.39, 0.29) is 0 Å². The molecule has 0 aromatic carbocycles. The zero-order valence-electron chi connectivity index (χ0n) is 8.26. The lowest BCUT2D eigenvalue weighted by molar-refractivity contribution is 0.414. The molecule has 1 unspecified atom stereocenters. The Morgan fingerprint density at radius 2 is 2.54 bits per heavy atom. The highest BCUT2D eigenvalue weighted by atomic mass is 32.1. The molecule has 0 amide bonds. The standard InChI is InChI=1S/C10H16N2S/c1-8-9(13-7-11-8)6-10(2)4-3-5-12-10/h7,12H,3-6H2,1-2H3. The third kappa shape index (κ3) is 1.92. The van der Waals surface area contributed by atoms with E-state index in [4.69, 9.17) is 0 Å². The molecule has 2 nitrogen and oxygen atoms in total. The summed E-state index contributed by atoms with van der Waals surface area (Å²) in [6.07, 6.45) is 3.75. The number of aromatic nitrogens is 1. The fourth-order valence-electron chi connectivity index (χ4n) is 1.96. The zero-order valence-corrected chi connectivity index (χ0v) is 9.08. The van der Waals surface area contributed by atoms with E-state index in [2.05, 4.69) is 24.1 Å². The maximum absolute atomic E-state index is 4.28. The minimum absolute atomic E-state index is 0.331. The predicted molar refractivity (Wildman–Crippen MR) is 56.2 cm³/mol. The molecule has 3 heteroatoms. The van der Waals surface area contributed by atoms with E-state index < -0.39 is 0 Å². The lowest BCUT2D eigenvalue weighted by Gasteiger charge is -2.23. The summed E-state index contributed by atoms with van der Waals surface area (Å²) in [5.41, 5.74) is 3.49. The van der Waals surface area contributed by atoms with Gasteiger partial charge in [0.25, 0.3) is 0 Å². The number of hydrogen-bond acceptors (Lipinski definition) is 3. The van der Waals surface area contributed by atoms with Gasteiger partial charge in [-0.05, 0) is 33.2 Å². The molecule has 0 aliphatic carbocycles. The normalized spacial score (nSPS) is 28.2. The van der Waals surface area contributed by atoms with Crippen LogP contribution in [0.4, 0.5) is 0 Å². The number of nitrogens with one attached hydrogen (secondary N) is 1. The molecule has 2 heterocycles. The first kappa shape index (κ1) is 9.16. The average Bonchev–Trinajstić information content (AvgIpc) is 2.64. The Balaban J connectivity index is 2.09. The first-order valence-corrected chi connectivity index (χ1v) is 5.72. The Morgan fingerprint density at radius 1 is 1.69 bits per heavy atom. The Morgan fingerprint density at radius 3 is 3.08 bits per heavy atom. The van der Waals surface area contributed by atoms with Gasteiger partial charge in [0.15, 0.2) is 0 Å². The van der Waals surface area contributed by atoms with Crippen LogP contribution in [0, 0.1) is 6.92 Å². The number of rotatable bonds is 2. The first-order valence-electron chi connectivity index (χ1n) is 4.84. The number of hydrogen-bond donors (Lipinski definition) is 1. The monoisotopic (exact) mass is 196 g/mol. The summed E-state index contributed by atoms with van der Waals surface area (Å²) in [7, 11) is 0. The van der Waals surface area contributed by atoms with Gasteiger partial charge in [0.1, 0.15) is 0 Å². The number of aryl methyl sites for hydroxylation is 1. The molecule has 13 heavy (non-hydrogen) atoms. The molecule has 1 saturated heterocycles. The van der Waals surface area contributed by atoms with Crippen molar-refractivity contribution in [3.8, 4) is 0 Å². The topological polar surface area (TPSA) is 24.9 Å². The van der Waals surface area contributed by atoms with Crippen LogP contribution in [0.1, 0.15) is 30.3 Å². The summed E-state index contributed by atoms with van der Waals surface area (Å²) >= 11 is 1.78. The van der Waals surface area contributed by atoms with Crippen molar-refractivity contribution in [1.82, 2.24) is 10.3 Å². The summed E-state index contributed by atoms with van der Waals surface area (Å²) in [5.74, 6) is 0. The van der Waals surface area contributed by atoms with Crippen LogP contribution in [0.5, 0.6) is 0 Å². The summed E-state index contributed by atoms with van der Waals surface area (Å²) in [5, 5.41) is 3.58. The molecule has 0 saturated carbocycles. The smallest absolute Gasteiger partial charge is 0.0797 e. The van der Waals surface area contributed by atoms with Gasteiger partial charge in [0.05, 0.1) is 11.2 Å². The van der Waals surface area contributed by atoms with Gasteiger partial charge in [0.2, 0.25) is 0 Å². The van der Waals surface area contributed by atoms with Crippen LogP contribution in [0.3, 0.4) is 0 Å². The second kappa shape index (κ2) is 3.39. The Kier molecular flexibility index (Phi) is 2.39. The second-order valence-electron chi connectivity index (χ2n) is 4.13. The van der Waals surface area contributed by atoms with E-state index in [1.54, 1.807) is 11.3 Å². The largest absolute Gasteiger partial charge is 0.311 e. The molecule has 1 N–H and O–H groups in total. The zero-order chi connectivity index (χ0) is 9.31. The summed E-state index contributed by atoms with van der Waals surface area (Å²) in [6, 6.07) is 0. The van der Waals surface area contributed by atoms with E-state index in [0.29, 0.717) is 5.54 Å². The molecule has 2 rings (SSSR count). The van der Waals surface area contributed by atoms with Crippen molar-refractivity contribution in [3.05, 3.63) is 16.1 Å². The molecule has 1 aliphatic heterocycles. The molecule has 1 atom stereocenters. The van der Waals surface area contributed by atoms with E-state index in [9.17, 15) is 0 Å². The average molecular weight is 196 g/mol.